The van der Waals surface area contributed by atoms with E-state index in [2.05, 4.69) is 69.3 Å². The Hall–Kier alpha value is -3.53. The lowest BCUT2D eigenvalue weighted by Crippen LogP contribution is -2.57. The fourth-order valence-electron chi connectivity index (χ4n) is 4.63. The maximum Gasteiger partial charge on any atom is 0.260 e. The predicted octanol–water partition coefficient (Wildman–Crippen LogP) is 4.77. The van der Waals surface area contributed by atoms with Crippen molar-refractivity contribution in [1.82, 2.24) is 4.98 Å². The number of para-hydroxylation sites is 2. The molecule has 4 heteroatoms. The first kappa shape index (κ1) is 18.3. The zero-order chi connectivity index (χ0) is 21.2. The summed E-state index contributed by atoms with van der Waals surface area (Å²) in [5.41, 5.74) is 6.62. The van der Waals surface area contributed by atoms with Gasteiger partial charge in [-0.15, -0.1) is 0 Å². The van der Waals surface area contributed by atoms with Crippen molar-refractivity contribution >= 4 is 23.1 Å². The molecule has 0 atom stereocenters. The van der Waals surface area contributed by atoms with Crippen molar-refractivity contribution in [2.24, 2.45) is 0 Å². The van der Waals surface area contributed by atoms with Crippen LogP contribution in [0.4, 0.5) is 0 Å². The number of fused-ring (bicyclic) bond motifs is 4. The highest BCUT2D eigenvalue weighted by atomic mass is 16.5. The Morgan fingerprint density at radius 2 is 1.42 bits per heavy atom. The molecule has 0 spiro atoms. The van der Waals surface area contributed by atoms with Crippen LogP contribution in [-0.4, -0.2) is 11.7 Å². The average molecular weight is 403 g/mol. The van der Waals surface area contributed by atoms with E-state index in [9.17, 15) is 0 Å². The number of nitrogens with zero attached hydrogens (tertiary/aromatic N) is 1. The summed E-state index contributed by atoms with van der Waals surface area (Å²) in [5, 5.41) is 0. The SMILES string of the molecule is CC(C)(C)c1ccnc(-c2ccc3c4c2Oc2ccccc2B4c2ccccc2O3)c1. The second-order valence-electron chi connectivity index (χ2n) is 9.25. The fourth-order valence-corrected chi connectivity index (χ4v) is 4.63. The Bertz CT molecular complexity index is 1330. The molecule has 0 N–H and O–H groups in total. The van der Waals surface area contributed by atoms with Gasteiger partial charge in [0.25, 0.3) is 6.71 Å². The number of ether oxygens (including phenoxy) is 2. The number of hydrogen-bond acceptors (Lipinski definition) is 3. The van der Waals surface area contributed by atoms with Gasteiger partial charge in [0.2, 0.25) is 0 Å². The number of benzene rings is 3. The molecule has 2 aliphatic rings. The van der Waals surface area contributed by atoms with E-state index in [1.165, 1.54) is 16.5 Å². The van der Waals surface area contributed by atoms with Crippen molar-refractivity contribution in [3.63, 3.8) is 0 Å². The van der Waals surface area contributed by atoms with E-state index in [1.54, 1.807) is 0 Å². The molecule has 0 bridgehead atoms. The van der Waals surface area contributed by atoms with Crippen LogP contribution in [0.25, 0.3) is 11.3 Å². The molecular formula is C27H22BNO2. The third-order valence-electron chi connectivity index (χ3n) is 6.24. The molecule has 0 fully saturated rings. The molecule has 0 saturated carbocycles. The van der Waals surface area contributed by atoms with Gasteiger partial charge in [-0.3, -0.25) is 4.98 Å². The topological polar surface area (TPSA) is 31.4 Å². The lowest BCUT2D eigenvalue weighted by Gasteiger charge is -2.33. The van der Waals surface area contributed by atoms with Gasteiger partial charge < -0.3 is 9.47 Å². The molecule has 0 radical (unpaired) electrons. The summed E-state index contributed by atoms with van der Waals surface area (Å²) < 4.78 is 12.8. The first-order chi connectivity index (χ1) is 15.0. The van der Waals surface area contributed by atoms with Gasteiger partial charge in [-0.1, -0.05) is 57.2 Å². The molecule has 31 heavy (non-hydrogen) atoms. The van der Waals surface area contributed by atoms with E-state index in [-0.39, 0.29) is 12.1 Å². The van der Waals surface area contributed by atoms with Gasteiger partial charge in [0, 0.05) is 17.2 Å². The van der Waals surface area contributed by atoms with Crippen LogP contribution in [0, 0.1) is 0 Å². The van der Waals surface area contributed by atoms with Crippen molar-refractivity contribution < 1.29 is 9.47 Å². The van der Waals surface area contributed by atoms with Gasteiger partial charge >= 0.3 is 0 Å². The van der Waals surface area contributed by atoms with Crippen molar-refractivity contribution in [3.05, 3.63) is 84.6 Å². The summed E-state index contributed by atoms with van der Waals surface area (Å²) in [7, 11) is 0. The van der Waals surface area contributed by atoms with E-state index in [0.717, 1.165) is 39.7 Å². The van der Waals surface area contributed by atoms with E-state index >= 15 is 0 Å². The second kappa shape index (κ2) is 6.48. The van der Waals surface area contributed by atoms with Crippen LogP contribution in [0.3, 0.4) is 0 Å². The first-order valence-corrected chi connectivity index (χ1v) is 10.7. The van der Waals surface area contributed by atoms with E-state index in [0.29, 0.717) is 0 Å². The molecule has 0 saturated heterocycles. The second-order valence-corrected chi connectivity index (χ2v) is 9.25. The normalized spacial score (nSPS) is 13.5. The van der Waals surface area contributed by atoms with Gasteiger partial charge in [-0.05, 0) is 58.3 Å². The Morgan fingerprint density at radius 1 is 0.742 bits per heavy atom. The molecule has 3 heterocycles. The predicted molar refractivity (Wildman–Crippen MR) is 126 cm³/mol. The van der Waals surface area contributed by atoms with Gasteiger partial charge in [-0.2, -0.15) is 0 Å². The summed E-state index contributed by atoms with van der Waals surface area (Å²) in [4.78, 5) is 4.71. The largest absolute Gasteiger partial charge is 0.458 e. The van der Waals surface area contributed by atoms with Gasteiger partial charge in [0.05, 0.1) is 5.69 Å². The third-order valence-corrected chi connectivity index (χ3v) is 6.24. The van der Waals surface area contributed by atoms with Gasteiger partial charge in [-0.25, -0.2) is 0 Å². The number of hydrogen-bond donors (Lipinski definition) is 0. The van der Waals surface area contributed by atoms with Gasteiger partial charge in [0.1, 0.15) is 23.0 Å². The Labute approximate surface area is 182 Å². The molecule has 6 rings (SSSR count). The number of rotatable bonds is 1. The van der Waals surface area contributed by atoms with E-state index in [1.807, 2.05) is 30.5 Å². The Morgan fingerprint density at radius 3 is 2.13 bits per heavy atom. The summed E-state index contributed by atoms with van der Waals surface area (Å²) in [6, 6.07) is 25.0. The minimum Gasteiger partial charge on any atom is -0.458 e. The number of aromatic nitrogens is 1. The average Bonchev–Trinajstić information content (AvgIpc) is 2.78. The quantitative estimate of drug-likeness (QED) is 0.371. The summed E-state index contributed by atoms with van der Waals surface area (Å²) in [5.74, 6) is 3.49. The summed E-state index contributed by atoms with van der Waals surface area (Å²) in [6.07, 6.45) is 1.89. The van der Waals surface area contributed by atoms with Crippen molar-refractivity contribution in [2.45, 2.75) is 26.2 Å². The van der Waals surface area contributed by atoms with Crippen LogP contribution in [0.1, 0.15) is 26.3 Å². The highest BCUT2D eigenvalue weighted by Gasteiger charge is 2.41. The standard InChI is InChI=1S/C27H22BNO2/c1-27(2,3)17-14-15-29-21(16-17)18-12-13-24-25-26(18)31-23-11-7-5-9-20(23)28(25)19-8-4-6-10-22(19)30-24/h4-16H,1-3H3. The fraction of sp³-hybridized carbons (Fsp3) is 0.148. The van der Waals surface area contributed by atoms with Crippen LogP contribution in [0.15, 0.2) is 79.0 Å². The monoisotopic (exact) mass is 403 g/mol. The van der Waals surface area contributed by atoms with Crippen LogP contribution < -0.4 is 25.9 Å². The smallest absolute Gasteiger partial charge is 0.260 e. The molecule has 1 aromatic heterocycles. The van der Waals surface area contributed by atoms with Crippen molar-refractivity contribution in [3.8, 4) is 34.3 Å². The maximum absolute atomic E-state index is 6.53. The van der Waals surface area contributed by atoms with Crippen molar-refractivity contribution in [1.29, 1.82) is 0 Å². The van der Waals surface area contributed by atoms with E-state index < -0.39 is 0 Å². The molecule has 0 amide bonds. The first-order valence-electron chi connectivity index (χ1n) is 10.7. The molecule has 0 aliphatic carbocycles. The molecule has 4 aromatic rings. The highest BCUT2D eigenvalue weighted by Crippen LogP contribution is 2.40. The Kier molecular flexibility index (Phi) is 3.82. The summed E-state index contributed by atoms with van der Waals surface area (Å²) >= 11 is 0. The van der Waals surface area contributed by atoms with Crippen LogP contribution in [0.5, 0.6) is 23.0 Å². The lowest BCUT2D eigenvalue weighted by atomic mass is 9.34. The van der Waals surface area contributed by atoms with Crippen LogP contribution in [-0.2, 0) is 5.41 Å². The molecule has 2 aliphatic heterocycles. The number of pyridine rings is 1. The summed E-state index contributed by atoms with van der Waals surface area (Å²) in [6.45, 7) is 6.73. The molecule has 3 aromatic carbocycles. The maximum atomic E-state index is 6.53. The van der Waals surface area contributed by atoms with Crippen LogP contribution >= 0.6 is 0 Å². The third kappa shape index (κ3) is 2.78. The van der Waals surface area contributed by atoms with Gasteiger partial charge in [0.15, 0.2) is 0 Å². The Balaban J connectivity index is 1.61. The molecule has 150 valence electrons. The van der Waals surface area contributed by atoms with Crippen LogP contribution in [0.2, 0.25) is 0 Å². The zero-order valence-electron chi connectivity index (χ0n) is 17.8. The zero-order valence-corrected chi connectivity index (χ0v) is 17.8. The van der Waals surface area contributed by atoms with Crippen molar-refractivity contribution in [2.75, 3.05) is 0 Å². The van der Waals surface area contributed by atoms with E-state index in [4.69, 9.17) is 14.5 Å². The molecular weight excluding hydrogens is 381 g/mol. The molecule has 0 unspecified atom stereocenters. The highest BCUT2D eigenvalue weighted by molar-refractivity contribution is 6.98. The minimum absolute atomic E-state index is 0.0428. The lowest BCUT2D eigenvalue weighted by molar-refractivity contribution is 0.465. The minimum atomic E-state index is 0.0428. The molecule has 3 nitrogen and oxygen atoms in total.